The molecule has 0 saturated heterocycles. The SMILES string of the molecule is O=S(=O)(NCc1cc[nH]c1)c1ccc(Br)cc1. The zero-order valence-corrected chi connectivity index (χ0v) is 11.3. The molecule has 17 heavy (non-hydrogen) atoms. The summed E-state index contributed by atoms with van der Waals surface area (Å²) >= 11 is 3.26. The van der Waals surface area contributed by atoms with Crippen LogP contribution in [0.2, 0.25) is 0 Å². The molecule has 2 aromatic rings. The summed E-state index contributed by atoms with van der Waals surface area (Å²) in [7, 11) is -3.44. The molecule has 1 heterocycles. The first-order valence-electron chi connectivity index (χ1n) is 4.95. The summed E-state index contributed by atoms with van der Waals surface area (Å²) in [5.74, 6) is 0. The molecular weight excluding hydrogens is 304 g/mol. The van der Waals surface area contributed by atoms with Crippen molar-refractivity contribution in [3.8, 4) is 0 Å². The third-order valence-electron chi connectivity index (χ3n) is 2.25. The van der Waals surface area contributed by atoms with E-state index in [1.165, 1.54) is 0 Å². The highest BCUT2D eigenvalue weighted by atomic mass is 79.9. The number of sulfonamides is 1. The second-order valence-electron chi connectivity index (χ2n) is 3.50. The Hall–Kier alpha value is -1.11. The fraction of sp³-hybridized carbons (Fsp3) is 0.0909. The first-order valence-corrected chi connectivity index (χ1v) is 7.22. The fourth-order valence-electron chi connectivity index (χ4n) is 1.34. The summed E-state index contributed by atoms with van der Waals surface area (Å²) in [5, 5.41) is 0. The van der Waals surface area contributed by atoms with Crippen molar-refractivity contribution in [2.24, 2.45) is 0 Å². The van der Waals surface area contributed by atoms with Crippen molar-refractivity contribution in [2.45, 2.75) is 11.4 Å². The van der Waals surface area contributed by atoms with Gasteiger partial charge in [-0.25, -0.2) is 13.1 Å². The Bertz CT molecular complexity index is 576. The maximum absolute atomic E-state index is 11.9. The van der Waals surface area contributed by atoms with Gasteiger partial charge in [0.15, 0.2) is 0 Å². The van der Waals surface area contributed by atoms with Gasteiger partial charge in [-0.3, -0.25) is 0 Å². The van der Waals surface area contributed by atoms with Crippen LogP contribution < -0.4 is 4.72 Å². The van der Waals surface area contributed by atoms with E-state index >= 15 is 0 Å². The van der Waals surface area contributed by atoms with Crippen molar-refractivity contribution in [2.75, 3.05) is 0 Å². The number of halogens is 1. The first-order chi connectivity index (χ1) is 8.08. The number of aromatic amines is 1. The lowest BCUT2D eigenvalue weighted by Crippen LogP contribution is -2.22. The summed E-state index contributed by atoms with van der Waals surface area (Å²) in [6.45, 7) is 0.280. The van der Waals surface area contributed by atoms with Crippen LogP contribution in [0.5, 0.6) is 0 Å². The molecule has 2 N–H and O–H groups in total. The Morgan fingerprint density at radius 1 is 1.18 bits per heavy atom. The van der Waals surface area contributed by atoms with Crippen LogP contribution in [0.3, 0.4) is 0 Å². The van der Waals surface area contributed by atoms with E-state index in [1.54, 1.807) is 36.7 Å². The average Bonchev–Trinajstić information content (AvgIpc) is 2.80. The fourth-order valence-corrected chi connectivity index (χ4v) is 2.63. The maximum Gasteiger partial charge on any atom is 0.240 e. The van der Waals surface area contributed by atoms with Gasteiger partial charge in [0.25, 0.3) is 0 Å². The summed E-state index contributed by atoms with van der Waals surface area (Å²) in [6.07, 6.45) is 3.51. The zero-order chi connectivity index (χ0) is 12.3. The molecule has 0 radical (unpaired) electrons. The molecule has 0 aliphatic rings. The van der Waals surface area contributed by atoms with Gasteiger partial charge in [0, 0.05) is 23.4 Å². The molecule has 0 unspecified atom stereocenters. The minimum Gasteiger partial charge on any atom is -0.367 e. The lowest BCUT2D eigenvalue weighted by Gasteiger charge is -2.05. The summed E-state index contributed by atoms with van der Waals surface area (Å²) in [4.78, 5) is 3.13. The van der Waals surface area contributed by atoms with E-state index in [9.17, 15) is 8.42 Å². The standard InChI is InChI=1S/C11H11BrN2O2S/c12-10-1-3-11(4-2-10)17(15,16)14-8-9-5-6-13-7-9/h1-7,13-14H,8H2. The number of benzene rings is 1. The van der Waals surface area contributed by atoms with E-state index in [0.29, 0.717) is 0 Å². The highest BCUT2D eigenvalue weighted by molar-refractivity contribution is 9.10. The van der Waals surface area contributed by atoms with Gasteiger partial charge in [-0.2, -0.15) is 0 Å². The van der Waals surface area contributed by atoms with E-state index in [1.807, 2.05) is 6.07 Å². The average molecular weight is 315 g/mol. The predicted octanol–water partition coefficient (Wildman–Crippen LogP) is 2.26. The molecule has 6 heteroatoms. The van der Waals surface area contributed by atoms with Crippen molar-refractivity contribution >= 4 is 26.0 Å². The van der Waals surface area contributed by atoms with Crippen molar-refractivity contribution in [1.82, 2.24) is 9.71 Å². The largest absolute Gasteiger partial charge is 0.367 e. The van der Waals surface area contributed by atoms with Gasteiger partial charge in [-0.15, -0.1) is 0 Å². The molecule has 0 aliphatic heterocycles. The Balaban J connectivity index is 2.11. The number of H-pyrrole nitrogens is 1. The number of hydrogen-bond donors (Lipinski definition) is 2. The predicted molar refractivity (Wildman–Crippen MR) is 69.0 cm³/mol. The number of rotatable bonds is 4. The molecular formula is C11H11BrN2O2S. The van der Waals surface area contributed by atoms with Crippen LogP contribution in [0.4, 0.5) is 0 Å². The summed E-state index contributed by atoms with van der Waals surface area (Å²) in [5.41, 5.74) is 0.894. The maximum atomic E-state index is 11.9. The molecule has 2 rings (SSSR count). The monoisotopic (exact) mass is 314 g/mol. The number of aromatic nitrogens is 1. The Labute approximate surface area is 108 Å². The number of nitrogens with one attached hydrogen (secondary N) is 2. The van der Waals surface area contributed by atoms with Crippen molar-refractivity contribution < 1.29 is 8.42 Å². The second-order valence-corrected chi connectivity index (χ2v) is 6.18. The Kier molecular flexibility index (Phi) is 3.66. The van der Waals surface area contributed by atoms with Crippen LogP contribution >= 0.6 is 15.9 Å². The minimum atomic E-state index is -3.44. The molecule has 0 fully saturated rings. The van der Waals surface area contributed by atoms with Crippen molar-refractivity contribution in [3.63, 3.8) is 0 Å². The second kappa shape index (κ2) is 5.03. The molecule has 1 aromatic carbocycles. The zero-order valence-electron chi connectivity index (χ0n) is 8.85. The molecule has 0 atom stereocenters. The lowest BCUT2D eigenvalue weighted by atomic mass is 10.4. The van der Waals surface area contributed by atoms with Crippen LogP contribution in [-0.4, -0.2) is 13.4 Å². The molecule has 0 spiro atoms. The first kappa shape index (κ1) is 12.3. The van der Waals surface area contributed by atoms with E-state index in [-0.39, 0.29) is 11.4 Å². The molecule has 0 amide bonds. The molecule has 0 aliphatic carbocycles. The normalized spacial score (nSPS) is 11.6. The third kappa shape index (κ3) is 3.18. The highest BCUT2D eigenvalue weighted by Crippen LogP contribution is 2.14. The smallest absolute Gasteiger partial charge is 0.240 e. The van der Waals surface area contributed by atoms with Gasteiger partial charge < -0.3 is 4.98 Å². The molecule has 0 bridgehead atoms. The molecule has 4 nitrogen and oxygen atoms in total. The quantitative estimate of drug-likeness (QED) is 0.909. The van der Waals surface area contributed by atoms with Crippen LogP contribution in [-0.2, 0) is 16.6 Å². The Morgan fingerprint density at radius 3 is 2.47 bits per heavy atom. The van der Waals surface area contributed by atoms with Crippen molar-refractivity contribution in [3.05, 3.63) is 52.8 Å². The van der Waals surface area contributed by atoms with Gasteiger partial charge in [0.05, 0.1) is 4.90 Å². The van der Waals surface area contributed by atoms with E-state index in [2.05, 4.69) is 25.6 Å². The van der Waals surface area contributed by atoms with E-state index in [0.717, 1.165) is 10.0 Å². The van der Waals surface area contributed by atoms with Gasteiger partial charge in [0.1, 0.15) is 0 Å². The van der Waals surface area contributed by atoms with E-state index in [4.69, 9.17) is 0 Å². The third-order valence-corrected chi connectivity index (χ3v) is 4.20. The summed E-state index contributed by atoms with van der Waals surface area (Å²) in [6, 6.07) is 8.34. The van der Waals surface area contributed by atoms with Gasteiger partial charge >= 0.3 is 0 Å². The minimum absolute atomic E-state index is 0.260. The van der Waals surface area contributed by atoms with Gasteiger partial charge in [0.2, 0.25) is 10.0 Å². The van der Waals surface area contributed by atoms with Crippen LogP contribution in [0.25, 0.3) is 0 Å². The van der Waals surface area contributed by atoms with Crippen molar-refractivity contribution in [1.29, 1.82) is 0 Å². The lowest BCUT2D eigenvalue weighted by molar-refractivity contribution is 0.581. The van der Waals surface area contributed by atoms with Crippen LogP contribution in [0.15, 0.2) is 52.1 Å². The van der Waals surface area contributed by atoms with E-state index < -0.39 is 10.0 Å². The molecule has 1 aromatic heterocycles. The molecule has 0 saturated carbocycles. The van der Waals surface area contributed by atoms with Crippen LogP contribution in [0, 0.1) is 0 Å². The highest BCUT2D eigenvalue weighted by Gasteiger charge is 2.13. The summed E-state index contributed by atoms with van der Waals surface area (Å²) < 4.78 is 27.2. The number of hydrogen-bond acceptors (Lipinski definition) is 2. The van der Waals surface area contributed by atoms with Gasteiger partial charge in [-0.05, 0) is 35.9 Å². The van der Waals surface area contributed by atoms with Gasteiger partial charge in [-0.1, -0.05) is 15.9 Å². The molecule has 90 valence electrons. The topological polar surface area (TPSA) is 62.0 Å². The Morgan fingerprint density at radius 2 is 1.88 bits per heavy atom. The van der Waals surface area contributed by atoms with Crippen LogP contribution in [0.1, 0.15) is 5.56 Å².